The van der Waals surface area contributed by atoms with Crippen LogP contribution in [0.2, 0.25) is 0 Å². The Hall–Kier alpha value is -1.80. The monoisotopic (exact) mass is 255 g/mol. The van der Waals surface area contributed by atoms with E-state index in [2.05, 4.69) is 0 Å². The molecule has 0 aliphatic heterocycles. The summed E-state index contributed by atoms with van der Waals surface area (Å²) in [6.07, 6.45) is -4.33. The number of rotatable bonds is 0. The van der Waals surface area contributed by atoms with Gasteiger partial charge in [-0.05, 0) is 35.0 Å². The fraction of sp³-hybridized carbons (Fsp3) is 0.0833. The van der Waals surface area contributed by atoms with E-state index in [0.29, 0.717) is 0 Å². The van der Waals surface area contributed by atoms with Crippen LogP contribution in [0.5, 0.6) is 0 Å². The summed E-state index contributed by atoms with van der Waals surface area (Å²) >= 11 is 1.71. The van der Waals surface area contributed by atoms with Crippen molar-refractivity contribution in [2.45, 2.75) is 6.18 Å². The van der Waals surface area contributed by atoms with Crippen molar-refractivity contribution in [1.82, 2.24) is 0 Å². The second-order valence-electron chi connectivity index (χ2n) is 2.98. The van der Waals surface area contributed by atoms with Gasteiger partial charge in [0, 0.05) is 0 Å². The van der Waals surface area contributed by atoms with E-state index < -0.39 is 11.7 Å². The van der Waals surface area contributed by atoms with E-state index in [-0.39, 0.29) is 5.56 Å². The predicted molar refractivity (Wildman–Crippen MR) is 60.5 cm³/mol. The normalized spacial score (nSPS) is 10.0. The molecule has 5 heteroatoms. The van der Waals surface area contributed by atoms with Crippen molar-refractivity contribution >= 4 is 11.3 Å². The first kappa shape index (κ1) is 13.3. The third-order valence-electron chi connectivity index (χ3n) is 1.77. The van der Waals surface area contributed by atoms with Crippen molar-refractivity contribution < 1.29 is 13.2 Å². The average Bonchev–Trinajstić information content (AvgIpc) is 2.86. The van der Waals surface area contributed by atoms with Crippen LogP contribution in [-0.4, -0.2) is 0 Å². The number of nitriles is 1. The van der Waals surface area contributed by atoms with Gasteiger partial charge in [-0.3, -0.25) is 0 Å². The first-order chi connectivity index (χ1) is 8.04. The molecule has 1 aromatic carbocycles. The highest BCUT2D eigenvalue weighted by Gasteiger charge is 2.29. The van der Waals surface area contributed by atoms with Gasteiger partial charge in [-0.1, -0.05) is 12.1 Å². The Morgan fingerprint density at radius 3 is 1.82 bits per heavy atom. The van der Waals surface area contributed by atoms with Gasteiger partial charge in [0.25, 0.3) is 0 Å². The van der Waals surface area contributed by atoms with Crippen molar-refractivity contribution in [3.8, 4) is 6.07 Å². The van der Waals surface area contributed by atoms with Crippen LogP contribution in [-0.2, 0) is 6.18 Å². The molecule has 0 fully saturated rings. The molecule has 17 heavy (non-hydrogen) atoms. The summed E-state index contributed by atoms with van der Waals surface area (Å²) in [5.74, 6) is 0. The molecule has 88 valence electrons. The van der Waals surface area contributed by atoms with E-state index in [1.807, 2.05) is 22.9 Å². The molecular weight excluding hydrogens is 247 g/mol. The molecule has 0 spiro atoms. The molecule has 0 saturated carbocycles. The van der Waals surface area contributed by atoms with Gasteiger partial charge in [0.2, 0.25) is 0 Å². The summed E-state index contributed by atoms with van der Waals surface area (Å²) in [6.45, 7) is 0. The van der Waals surface area contributed by atoms with E-state index in [9.17, 15) is 13.2 Å². The molecule has 0 aliphatic rings. The quantitative estimate of drug-likeness (QED) is 0.687. The van der Waals surface area contributed by atoms with Crippen LogP contribution >= 0.6 is 11.3 Å². The molecule has 2 aromatic rings. The number of benzene rings is 1. The van der Waals surface area contributed by atoms with Crippen molar-refractivity contribution in [2.24, 2.45) is 0 Å². The number of halogens is 3. The lowest BCUT2D eigenvalue weighted by Gasteiger charge is -2.04. The highest BCUT2D eigenvalue weighted by Crippen LogP contribution is 2.28. The molecule has 1 nitrogen and oxygen atoms in total. The number of alkyl halides is 3. The highest BCUT2D eigenvalue weighted by atomic mass is 32.1. The van der Waals surface area contributed by atoms with Gasteiger partial charge in [0.05, 0.1) is 17.2 Å². The van der Waals surface area contributed by atoms with Gasteiger partial charge in [0.15, 0.2) is 0 Å². The van der Waals surface area contributed by atoms with E-state index in [1.54, 1.807) is 17.4 Å². The maximum absolute atomic E-state index is 11.9. The number of nitrogens with zero attached hydrogens (tertiary/aromatic N) is 1. The molecule has 0 bridgehead atoms. The van der Waals surface area contributed by atoms with Gasteiger partial charge in [-0.2, -0.15) is 29.8 Å². The Kier molecular flexibility index (Phi) is 4.73. The second kappa shape index (κ2) is 6.06. The molecule has 1 heterocycles. The molecule has 0 amide bonds. The van der Waals surface area contributed by atoms with Crippen LogP contribution in [0.1, 0.15) is 11.1 Å². The minimum atomic E-state index is -4.33. The van der Waals surface area contributed by atoms with Crippen LogP contribution in [0.25, 0.3) is 0 Å². The lowest BCUT2D eigenvalue weighted by Crippen LogP contribution is -2.03. The van der Waals surface area contributed by atoms with E-state index >= 15 is 0 Å². The molecule has 0 atom stereocenters. The molecule has 1 aromatic heterocycles. The third-order valence-corrected chi connectivity index (χ3v) is 2.40. The van der Waals surface area contributed by atoms with Gasteiger partial charge >= 0.3 is 6.18 Å². The van der Waals surface area contributed by atoms with E-state index in [4.69, 9.17) is 5.26 Å². The van der Waals surface area contributed by atoms with Crippen molar-refractivity contribution in [3.05, 3.63) is 58.3 Å². The van der Waals surface area contributed by atoms with Crippen LogP contribution < -0.4 is 0 Å². The molecule has 0 saturated heterocycles. The van der Waals surface area contributed by atoms with Crippen LogP contribution in [0.3, 0.4) is 0 Å². The topological polar surface area (TPSA) is 23.8 Å². The minimum absolute atomic E-state index is 0.225. The van der Waals surface area contributed by atoms with Gasteiger partial charge < -0.3 is 0 Å². The standard InChI is InChI=1S/C8H4F3N.C4H4S/c9-8(10,11)7-3-1-6(5-12)2-4-7;1-2-4-5-3-1/h1-4H;1-4H. The van der Waals surface area contributed by atoms with E-state index in [1.165, 1.54) is 0 Å². The molecule has 0 aliphatic carbocycles. The number of hydrogen-bond donors (Lipinski definition) is 0. The summed E-state index contributed by atoms with van der Waals surface area (Å²) in [5.41, 5.74) is -0.510. The molecule has 2 rings (SSSR count). The van der Waals surface area contributed by atoms with Crippen LogP contribution in [0.15, 0.2) is 47.2 Å². The lowest BCUT2D eigenvalue weighted by molar-refractivity contribution is -0.137. The smallest absolute Gasteiger partial charge is 0.192 e. The maximum atomic E-state index is 11.9. The number of thiophene rings is 1. The zero-order valence-corrected chi connectivity index (χ0v) is 9.42. The van der Waals surface area contributed by atoms with Crippen molar-refractivity contribution in [2.75, 3.05) is 0 Å². The van der Waals surface area contributed by atoms with Gasteiger partial charge in [-0.25, -0.2) is 0 Å². The fourth-order valence-electron chi connectivity index (χ4n) is 0.961. The SMILES string of the molecule is N#Cc1ccc(C(F)(F)F)cc1.c1ccsc1. The summed E-state index contributed by atoms with van der Waals surface area (Å²) in [6, 6.07) is 9.83. The Morgan fingerprint density at radius 1 is 1.00 bits per heavy atom. The Bertz CT molecular complexity index is 449. The summed E-state index contributed by atoms with van der Waals surface area (Å²) < 4.78 is 35.8. The average molecular weight is 255 g/mol. The molecule has 0 radical (unpaired) electrons. The van der Waals surface area contributed by atoms with Crippen molar-refractivity contribution in [1.29, 1.82) is 5.26 Å². The largest absolute Gasteiger partial charge is 0.416 e. The Labute approximate surface area is 101 Å². The van der Waals surface area contributed by atoms with Crippen molar-refractivity contribution in [3.63, 3.8) is 0 Å². The minimum Gasteiger partial charge on any atom is -0.192 e. The highest BCUT2D eigenvalue weighted by molar-refractivity contribution is 7.07. The summed E-state index contributed by atoms with van der Waals surface area (Å²) in [4.78, 5) is 0. The second-order valence-corrected chi connectivity index (χ2v) is 3.80. The van der Waals surface area contributed by atoms with Crippen LogP contribution in [0.4, 0.5) is 13.2 Å². The molecule has 0 N–H and O–H groups in total. The fourth-order valence-corrected chi connectivity index (χ4v) is 1.41. The Balaban J connectivity index is 0.000000239. The predicted octanol–water partition coefficient (Wildman–Crippen LogP) is 4.33. The third kappa shape index (κ3) is 4.70. The first-order valence-corrected chi connectivity index (χ1v) is 5.53. The zero-order valence-electron chi connectivity index (χ0n) is 8.61. The summed E-state index contributed by atoms with van der Waals surface area (Å²) in [7, 11) is 0. The van der Waals surface area contributed by atoms with E-state index in [0.717, 1.165) is 24.3 Å². The Morgan fingerprint density at radius 2 is 1.53 bits per heavy atom. The maximum Gasteiger partial charge on any atom is 0.416 e. The lowest BCUT2D eigenvalue weighted by atomic mass is 10.1. The number of hydrogen-bond acceptors (Lipinski definition) is 2. The zero-order chi connectivity index (χ0) is 12.7. The first-order valence-electron chi connectivity index (χ1n) is 4.58. The van der Waals surface area contributed by atoms with Gasteiger partial charge in [-0.15, -0.1) is 0 Å². The van der Waals surface area contributed by atoms with Crippen LogP contribution in [0, 0.1) is 11.3 Å². The molecular formula is C12H8F3NS. The molecule has 0 unspecified atom stereocenters. The summed E-state index contributed by atoms with van der Waals surface area (Å²) in [5, 5.41) is 12.4. The van der Waals surface area contributed by atoms with Gasteiger partial charge in [0.1, 0.15) is 0 Å².